The lowest BCUT2D eigenvalue weighted by Gasteiger charge is -2.21. The van der Waals surface area contributed by atoms with E-state index < -0.39 is 0 Å². The smallest absolute Gasteiger partial charge is 0.00574 e. The highest BCUT2D eigenvalue weighted by atomic mass is 14.3. The van der Waals surface area contributed by atoms with E-state index in [-0.39, 0.29) is 0 Å². The Bertz CT molecular complexity index is 786. The summed E-state index contributed by atoms with van der Waals surface area (Å²) in [5.74, 6) is 0.933. The minimum atomic E-state index is 0.933. The van der Waals surface area contributed by atoms with E-state index in [1.165, 1.54) is 85.6 Å². The van der Waals surface area contributed by atoms with Crippen molar-refractivity contribution in [3.63, 3.8) is 0 Å². The second kappa shape index (κ2) is 7.82. The molecule has 0 atom stereocenters. The molecule has 1 saturated carbocycles. The average molecular weight is 345 g/mol. The number of fused-ring (bicyclic) bond motifs is 1. The highest BCUT2D eigenvalue weighted by Gasteiger charge is 2.21. The van der Waals surface area contributed by atoms with Gasteiger partial charge in [-0.15, -0.1) is 0 Å². The molecule has 4 rings (SSSR count). The van der Waals surface area contributed by atoms with Crippen LogP contribution in [0.15, 0.2) is 42.0 Å². The van der Waals surface area contributed by atoms with E-state index in [2.05, 4.69) is 56.3 Å². The Morgan fingerprint density at radius 1 is 0.962 bits per heavy atom. The van der Waals surface area contributed by atoms with Gasteiger partial charge in [0, 0.05) is 0 Å². The quantitative estimate of drug-likeness (QED) is 0.526. The lowest BCUT2D eigenvalue weighted by molar-refractivity contribution is 0.355. The average Bonchev–Trinajstić information content (AvgIpc) is 3.05. The topological polar surface area (TPSA) is 0 Å². The zero-order chi connectivity index (χ0) is 17.9. The van der Waals surface area contributed by atoms with Gasteiger partial charge in [0.2, 0.25) is 0 Å². The summed E-state index contributed by atoms with van der Waals surface area (Å²) in [5, 5.41) is 0. The molecular weight excluding hydrogens is 312 g/mol. The largest absolute Gasteiger partial charge is 0.0651 e. The van der Waals surface area contributed by atoms with Crippen LogP contribution in [0.3, 0.4) is 0 Å². The summed E-state index contributed by atoms with van der Waals surface area (Å²) >= 11 is 0. The summed E-state index contributed by atoms with van der Waals surface area (Å²) in [6.45, 7) is 4.49. The molecule has 0 nitrogen and oxygen atoms in total. The van der Waals surface area contributed by atoms with E-state index in [1.807, 2.05) is 0 Å². The third-order valence-electron chi connectivity index (χ3n) is 6.26. The summed E-state index contributed by atoms with van der Waals surface area (Å²) < 4.78 is 0. The number of aryl methyl sites for hydroxylation is 2. The van der Waals surface area contributed by atoms with E-state index in [9.17, 15) is 0 Å². The molecule has 0 spiro atoms. The second-order valence-corrected chi connectivity index (χ2v) is 8.52. The lowest BCUT2D eigenvalue weighted by atomic mass is 9.84. The van der Waals surface area contributed by atoms with Gasteiger partial charge in [-0.2, -0.15) is 0 Å². The van der Waals surface area contributed by atoms with Crippen molar-refractivity contribution in [2.75, 3.05) is 0 Å². The standard InChI is InChI=1S/C26H32/c1-3-7-20-10-12-23(13-11-20)25-15-19(2)14-24-17-22(18-26(24)25)16-21-8-5-4-6-9-21/h10-15,18,21H,3-9,16-17H2,1-2H3. The molecule has 1 fully saturated rings. The summed E-state index contributed by atoms with van der Waals surface area (Å²) in [4.78, 5) is 0. The molecule has 2 aromatic rings. The summed E-state index contributed by atoms with van der Waals surface area (Å²) in [6, 6.07) is 14.1. The Balaban J connectivity index is 1.61. The van der Waals surface area contributed by atoms with Crippen LogP contribution in [0.4, 0.5) is 0 Å². The van der Waals surface area contributed by atoms with Crippen LogP contribution in [0.1, 0.15) is 74.1 Å². The molecule has 0 bridgehead atoms. The first kappa shape index (κ1) is 17.6. The fourth-order valence-electron chi connectivity index (χ4n) is 4.96. The highest BCUT2D eigenvalue weighted by molar-refractivity contribution is 5.81. The van der Waals surface area contributed by atoms with Crippen molar-refractivity contribution in [3.05, 3.63) is 64.2 Å². The fraction of sp³-hybridized carbons (Fsp3) is 0.462. The van der Waals surface area contributed by atoms with Crippen LogP contribution in [0.5, 0.6) is 0 Å². The van der Waals surface area contributed by atoms with Crippen LogP contribution in [-0.2, 0) is 12.8 Å². The van der Waals surface area contributed by atoms with E-state index in [4.69, 9.17) is 0 Å². The molecule has 2 aromatic carbocycles. The predicted octanol–water partition coefficient (Wildman–Crippen LogP) is 7.52. The molecule has 26 heavy (non-hydrogen) atoms. The number of rotatable bonds is 5. The number of benzene rings is 2. The van der Waals surface area contributed by atoms with Gasteiger partial charge in [0.25, 0.3) is 0 Å². The van der Waals surface area contributed by atoms with Gasteiger partial charge < -0.3 is 0 Å². The number of allylic oxidation sites excluding steroid dienone is 1. The molecule has 0 heterocycles. The van der Waals surface area contributed by atoms with Gasteiger partial charge >= 0.3 is 0 Å². The first-order valence-corrected chi connectivity index (χ1v) is 10.6. The molecule has 136 valence electrons. The minimum absolute atomic E-state index is 0.933. The maximum atomic E-state index is 2.53. The fourth-order valence-corrected chi connectivity index (χ4v) is 4.96. The lowest BCUT2D eigenvalue weighted by Crippen LogP contribution is -2.07. The third-order valence-corrected chi connectivity index (χ3v) is 6.26. The van der Waals surface area contributed by atoms with Gasteiger partial charge in [0.15, 0.2) is 0 Å². The monoisotopic (exact) mass is 344 g/mol. The summed E-state index contributed by atoms with van der Waals surface area (Å²) in [5.41, 5.74) is 10.4. The Morgan fingerprint density at radius 3 is 2.46 bits per heavy atom. The third kappa shape index (κ3) is 3.80. The van der Waals surface area contributed by atoms with Crippen molar-refractivity contribution < 1.29 is 0 Å². The van der Waals surface area contributed by atoms with Gasteiger partial charge in [0.1, 0.15) is 0 Å². The van der Waals surface area contributed by atoms with Crippen molar-refractivity contribution in [1.82, 2.24) is 0 Å². The van der Waals surface area contributed by atoms with Crippen molar-refractivity contribution >= 4 is 6.08 Å². The molecule has 0 aliphatic heterocycles. The molecule has 2 aliphatic carbocycles. The molecule has 0 saturated heterocycles. The first-order valence-electron chi connectivity index (χ1n) is 10.6. The molecule has 0 heteroatoms. The van der Waals surface area contributed by atoms with Gasteiger partial charge in [-0.25, -0.2) is 0 Å². The Hall–Kier alpha value is -1.82. The molecular formula is C26H32. The molecule has 0 N–H and O–H groups in total. The molecule has 0 amide bonds. The van der Waals surface area contributed by atoms with Crippen molar-refractivity contribution in [2.24, 2.45) is 5.92 Å². The maximum absolute atomic E-state index is 2.53. The Morgan fingerprint density at radius 2 is 1.73 bits per heavy atom. The van der Waals surface area contributed by atoms with Crippen molar-refractivity contribution in [2.45, 2.75) is 71.6 Å². The zero-order valence-electron chi connectivity index (χ0n) is 16.5. The molecule has 2 aliphatic rings. The second-order valence-electron chi connectivity index (χ2n) is 8.52. The molecule has 0 aromatic heterocycles. The van der Waals surface area contributed by atoms with E-state index in [1.54, 1.807) is 11.1 Å². The molecule has 0 radical (unpaired) electrons. The van der Waals surface area contributed by atoms with Crippen LogP contribution < -0.4 is 0 Å². The minimum Gasteiger partial charge on any atom is -0.0651 e. The van der Waals surface area contributed by atoms with Gasteiger partial charge in [-0.05, 0) is 59.9 Å². The zero-order valence-corrected chi connectivity index (χ0v) is 16.5. The van der Waals surface area contributed by atoms with E-state index >= 15 is 0 Å². The summed E-state index contributed by atoms with van der Waals surface area (Å²) in [6.07, 6.45) is 14.6. The van der Waals surface area contributed by atoms with Crippen LogP contribution in [0, 0.1) is 12.8 Å². The van der Waals surface area contributed by atoms with Crippen molar-refractivity contribution in [1.29, 1.82) is 0 Å². The van der Waals surface area contributed by atoms with Gasteiger partial charge in [0.05, 0.1) is 0 Å². The van der Waals surface area contributed by atoms with E-state index in [0.717, 1.165) is 5.92 Å². The van der Waals surface area contributed by atoms with E-state index in [0.29, 0.717) is 0 Å². The summed E-state index contributed by atoms with van der Waals surface area (Å²) in [7, 11) is 0. The number of hydrogen-bond acceptors (Lipinski definition) is 0. The van der Waals surface area contributed by atoms with Crippen LogP contribution >= 0.6 is 0 Å². The SMILES string of the molecule is CCCc1ccc(-c2cc(C)cc3c2C=C(CC2CCCCC2)C3)cc1. The van der Waals surface area contributed by atoms with Crippen LogP contribution in [-0.4, -0.2) is 0 Å². The van der Waals surface area contributed by atoms with Gasteiger partial charge in [-0.1, -0.05) is 99.1 Å². The van der Waals surface area contributed by atoms with Crippen LogP contribution in [0.2, 0.25) is 0 Å². The normalized spacial score (nSPS) is 17.2. The first-order chi connectivity index (χ1) is 12.7. The van der Waals surface area contributed by atoms with Crippen molar-refractivity contribution in [3.8, 4) is 11.1 Å². The Labute approximate surface area is 159 Å². The van der Waals surface area contributed by atoms with Crippen LogP contribution in [0.25, 0.3) is 17.2 Å². The Kier molecular flexibility index (Phi) is 5.29. The molecule has 0 unspecified atom stereocenters. The highest BCUT2D eigenvalue weighted by Crippen LogP contribution is 2.39. The predicted molar refractivity (Wildman–Crippen MR) is 113 cm³/mol. The number of hydrogen-bond donors (Lipinski definition) is 0. The van der Waals surface area contributed by atoms with Gasteiger partial charge in [-0.3, -0.25) is 0 Å². The maximum Gasteiger partial charge on any atom is -0.00574 e.